The largest absolute Gasteiger partial charge is 0.320 e. The minimum Gasteiger partial charge on any atom is -0.320 e. The predicted molar refractivity (Wildman–Crippen MR) is 41.8 cm³/mol. The third-order valence-electron chi connectivity index (χ3n) is 1.41. The summed E-state index contributed by atoms with van der Waals surface area (Å²) < 4.78 is 24.3. The normalized spacial score (nSPS) is 10.8. The molecule has 0 unspecified atom stereocenters. The van der Waals surface area contributed by atoms with Crippen LogP contribution in [0, 0.1) is 6.92 Å². The van der Waals surface area contributed by atoms with Crippen LogP contribution < -0.4 is 5.56 Å². The lowest BCUT2D eigenvalue weighted by molar-refractivity contribution is 0.146. The Morgan fingerprint density at radius 2 is 2.17 bits per heavy atom. The molecular weight excluding hydrogens is 188 g/mol. The van der Waals surface area contributed by atoms with Gasteiger partial charge in [-0.2, -0.15) is 0 Å². The van der Waals surface area contributed by atoms with Gasteiger partial charge in [-0.1, -0.05) is 11.6 Å². The van der Waals surface area contributed by atoms with Crippen LogP contribution >= 0.6 is 11.6 Å². The minimum absolute atomic E-state index is 0.0791. The van der Waals surface area contributed by atoms with Crippen molar-refractivity contribution in [3.63, 3.8) is 0 Å². The Morgan fingerprint density at radius 1 is 1.58 bits per heavy atom. The Labute approximate surface area is 72.2 Å². The van der Waals surface area contributed by atoms with Crippen LogP contribution in [-0.4, -0.2) is 4.98 Å². The van der Waals surface area contributed by atoms with Gasteiger partial charge >= 0.3 is 0 Å². The third kappa shape index (κ3) is 1.64. The van der Waals surface area contributed by atoms with Gasteiger partial charge in [0.2, 0.25) is 5.56 Å². The van der Waals surface area contributed by atoms with Crippen LogP contribution in [0.2, 0.25) is 5.02 Å². The second-order valence-electron chi connectivity index (χ2n) is 2.34. The van der Waals surface area contributed by atoms with Gasteiger partial charge in [0.15, 0.2) is 0 Å². The van der Waals surface area contributed by atoms with Crippen molar-refractivity contribution in [1.29, 1.82) is 0 Å². The summed E-state index contributed by atoms with van der Waals surface area (Å²) >= 11 is 5.51. The topological polar surface area (TPSA) is 32.9 Å². The van der Waals surface area contributed by atoms with Crippen molar-refractivity contribution in [3.05, 3.63) is 32.7 Å². The van der Waals surface area contributed by atoms with Crippen LogP contribution in [0.5, 0.6) is 0 Å². The van der Waals surface area contributed by atoms with E-state index in [-0.39, 0.29) is 5.02 Å². The molecule has 12 heavy (non-hydrogen) atoms. The van der Waals surface area contributed by atoms with Crippen molar-refractivity contribution in [2.24, 2.45) is 0 Å². The van der Waals surface area contributed by atoms with Crippen LogP contribution in [0.25, 0.3) is 0 Å². The molecule has 0 radical (unpaired) electrons. The molecule has 0 saturated carbocycles. The number of aromatic nitrogens is 1. The number of aryl methyl sites for hydroxylation is 1. The number of aromatic amines is 1. The van der Waals surface area contributed by atoms with Crippen LogP contribution in [0.3, 0.4) is 0 Å². The van der Waals surface area contributed by atoms with Crippen LogP contribution in [0.15, 0.2) is 10.9 Å². The number of alkyl halides is 2. The van der Waals surface area contributed by atoms with Gasteiger partial charge in [0, 0.05) is 6.07 Å². The summed E-state index contributed by atoms with van der Waals surface area (Å²) in [4.78, 5) is 12.7. The average molecular weight is 194 g/mol. The maximum absolute atomic E-state index is 12.1. The average Bonchev–Trinajstić information content (AvgIpc) is 1.96. The quantitative estimate of drug-likeness (QED) is 0.729. The first-order valence-corrected chi connectivity index (χ1v) is 3.57. The fourth-order valence-electron chi connectivity index (χ4n) is 0.846. The van der Waals surface area contributed by atoms with Crippen LogP contribution in [0.1, 0.15) is 17.7 Å². The van der Waals surface area contributed by atoms with Crippen molar-refractivity contribution in [2.45, 2.75) is 13.3 Å². The Bertz CT molecular complexity index is 348. The van der Waals surface area contributed by atoms with Gasteiger partial charge in [-0.3, -0.25) is 4.79 Å². The van der Waals surface area contributed by atoms with Crippen LogP contribution in [-0.2, 0) is 0 Å². The molecule has 0 aromatic carbocycles. The van der Waals surface area contributed by atoms with Crippen molar-refractivity contribution >= 4 is 11.6 Å². The lowest BCUT2D eigenvalue weighted by atomic mass is 10.2. The van der Waals surface area contributed by atoms with Gasteiger partial charge in [-0.05, 0) is 12.5 Å². The molecule has 1 aromatic heterocycles. The second-order valence-corrected chi connectivity index (χ2v) is 2.72. The van der Waals surface area contributed by atoms with E-state index in [9.17, 15) is 13.6 Å². The molecule has 0 aliphatic rings. The van der Waals surface area contributed by atoms with E-state index in [1.807, 2.05) is 4.98 Å². The first-order chi connectivity index (χ1) is 5.52. The number of halogens is 3. The molecule has 0 saturated heterocycles. The zero-order valence-corrected chi connectivity index (χ0v) is 6.95. The summed E-state index contributed by atoms with van der Waals surface area (Å²) in [7, 11) is 0. The Balaban J connectivity index is 3.38. The van der Waals surface area contributed by atoms with Gasteiger partial charge in [-0.15, -0.1) is 0 Å². The fraction of sp³-hybridized carbons (Fsp3) is 0.286. The van der Waals surface area contributed by atoms with Gasteiger partial charge in [0.05, 0.1) is 5.02 Å². The van der Waals surface area contributed by atoms with Crippen molar-refractivity contribution in [1.82, 2.24) is 4.98 Å². The molecule has 66 valence electrons. The summed E-state index contributed by atoms with van der Waals surface area (Å²) in [6.07, 6.45) is -2.75. The van der Waals surface area contributed by atoms with Crippen molar-refractivity contribution in [2.75, 3.05) is 0 Å². The maximum Gasteiger partial charge on any atom is 0.279 e. The van der Waals surface area contributed by atoms with Gasteiger partial charge < -0.3 is 4.98 Å². The second kappa shape index (κ2) is 3.23. The van der Waals surface area contributed by atoms with E-state index in [2.05, 4.69) is 0 Å². The molecule has 2 nitrogen and oxygen atoms in total. The molecule has 1 heterocycles. The lowest BCUT2D eigenvalue weighted by Gasteiger charge is -2.03. The molecule has 0 spiro atoms. The summed E-state index contributed by atoms with van der Waals surface area (Å²) in [6.45, 7) is 1.50. The number of hydrogen-bond acceptors (Lipinski definition) is 1. The zero-order valence-electron chi connectivity index (χ0n) is 6.20. The van der Waals surface area contributed by atoms with Gasteiger partial charge in [0.1, 0.15) is 5.69 Å². The first-order valence-electron chi connectivity index (χ1n) is 3.20. The minimum atomic E-state index is -2.75. The van der Waals surface area contributed by atoms with E-state index in [0.29, 0.717) is 5.56 Å². The predicted octanol–water partition coefficient (Wildman–Crippen LogP) is 2.27. The standard InChI is InChI=1S/C7H6ClF2NO/c1-3-2-4(12)11-6(5(3)8)7(9)10/h2,7H,1H3,(H,11,12). The van der Waals surface area contributed by atoms with Gasteiger partial charge in [0.25, 0.3) is 6.43 Å². The number of H-pyrrole nitrogens is 1. The molecule has 0 aliphatic heterocycles. The SMILES string of the molecule is Cc1cc(=O)[nH]c(C(F)F)c1Cl. The fourth-order valence-corrected chi connectivity index (χ4v) is 1.03. The Kier molecular flexibility index (Phi) is 2.47. The molecule has 0 atom stereocenters. The van der Waals surface area contributed by atoms with Crippen molar-refractivity contribution in [3.8, 4) is 0 Å². The molecule has 1 N–H and O–H groups in total. The highest BCUT2D eigenvalue weighted by atomic mass is 35.5. The van der Waals surface area contributed by atoms with E-state index in [4.69, 9.17) is 11.6 Å². The highest BCUT2D eigenvalue weighted by Crippen LogP contribution is 2.25. The molecule has 0 aliphatic carbocycles. The molecular formula is C7H6ClF2NO. The molecule has 0 fully saturated rings. The van der Waals surface area contributed by atoms with E-state index in [1.54, 1.807) is 0 Å². The summed E-state index contributed by atoms with van der Waals surface area (Å²) in [6, 6.07) is 1.17. The smallest absolute Gasteiger partial charge is 0.279 e. The number of rotatable bonds is 1. The molecule has 0 bridgehead atoms. The maximum atomic E-state index is 12.1. The summed E-state index contributed by atoms with van der Waals surface area (Å²) in [5, 5.41) is -0.0791. The third-order valence-corrected chi connectivity index (χ3v) is 1.91. The number of nitrogens with one attached hydrogen (secondary N) is 1. The molecule has 1 rings (SSSR count). The Morgan fingerprint density at radius 3 is 2.67 bits per heavy atom. The van der Waals surface area contributed by atoms with E-state index in [1.165, 1.54) is 13.0 Å². The Hall–Kier alpha value is -0.900. The van der Waals surface area contributed by atoms with E-state index >= 15 is 0 Å². The number of hydrogen-bond donors (Lipinski definition) is 1. The summed E-state index contributed by atoms with van der Waals surface area (Å²) in [5.41, 5.74) is -0.718. The van der Waals surface area contributed by atoms with Gasteiger partial charge in [-0.25, -0.2) is 8.78 Å². The summed E-state index contributed by atoms with van der Waals surface area (Å²) in [5.74, 6) is 0. The zero-order chi connectivity index (χ0) is 9.30. The molecule has 1 aromatic rings. The molecule has 0 amide bonds. The van der Waals surface area contributed by atoms with E-state index in [0.717, 1.165) is 0 Å². The lowest BCUT2D eigenvalue weighted by Crippen LogP contribution is -2.09. The van der Waals surface area contributed by atoms with Crippen LogP contribution in [0.4, 0.5) is 8.78 Å². The number of pyridine rings is 1. The monoisotopic (exact) mass is 193 g/mol. The van der Waals surface area contributed by atoms with E-state index < -0.39 is 17.7 Å². The molecule has 5 heteroatoms. The highest BCUT2D eigenvalue weighted by molar-refractivity contribution is 6.31. The van der Waals surface area contributed by atoms with Crippen molar-refractivity contribution < 1.29 is 8.78 Å². The first kappa shape index (κ1) is 9.19. The highest BCUT2D eigenvalue weighted by Gasteiger charge is 2.14.